The second-order valence-electron chi connectivity index (χ2n) is 2.34. The van der Waals surface area contributed by atoms with Gasteiger partial charge in [-0.2, -0.15) is 5.26 Å². The molecule has 64 valence electrons. The lowest BCUT2D eigenvalue weighted by Crippen LogP contribution is -1.93. The van der Waals surface area contributed by atoms with Crippen LogP contribution in [0.2, 0.25) is 0 Å². The van der Waals surface area contributed by atoms with Crippen LogP contribution < -0.4 is 0 Å². The molecule has 0 amide bonds. The molecule has 0 fully saturated rings. The number of para-hydroxylation sites is 1. The van der Waals surface area contributed by atoms with Crippen LogP contribution in [-0.2, 0) is 0 Å². The van der Waals surface area contributed by atoms with E-state index >= 15 is 0 Å². The van der Waals surface area contributed by atoms with Crippen LogP contribution in [0.5, 0.6) is 5.75 Å². The zero-order valence-corrected chi connectivity index (χ0v) is 6.77. The highest BCUT2D eigenvalue weighted by Crippen LogP contribution is 2.16. The fraction of sp³-hybridized carbons (Fsp3) is 0. The van der Waals surface area contributed by atoms with Crippen molar-refractivity contribution in [1.29, 1.82) is 5.26 Å². The van der Waals surface area contributed by atoms with Crippen LogP contribution in [-0.4, -0.2) is 10.9 Å². The molecule has 0 atom stereocenters. The van der Waals surface area contributed by atoms with Gasteiger partial charge in [-0.1, -0.05) is 12.1 Å². The molecule has 0 spiro atoms. The highest BCUT2D eigenvalue weighted by molar-refractivity contribution is 6.06. The molecule has 0 aromatic heterocycles. The average Bonchev–Trinajstić information content (AvgIpc) is 2.15. The topological polar surface area (TPSA) is 61.1 Å². The molecule has 3 nitrogen and oxygen atoms in total. The number of phenolic OH excluding ortho intramolecular Hbond substituents is 1. The van der Waals surface area contributed by atoms with Gasteiger partial charge < -0.3 is 5.11 Å². The number of hydrogen-bond acceptors (Lipinski definition) is 3. The molecule has 1 N–H and O–H groups in total. The Balaban J connectivity index is 2.97. The van der Waals surface area contributed by atoms with Gasteiger partial charge in [0.25, 0.3) is 0 Å². The Bertz CT molecular complexity index is 388. The van der Waals surface area contributed by atoms with E-state index in [0.29, 0.717) is 0 Å². The second-order valence-corrected chi connectivity index (χ2v) is 2.34. The van der Waals surface area contributed by atoms with Crippen molar-refractivity contribution in [2.45, 2.75) is 0 Å². The van der Waals surface area contributed by atoms with E-state index in [9.17, 15) is 9.90 Å². The Hall–Kier alpha value is -2.08. The summed E-state index contributed by atoms with van der Waals surface area (Å²) in [7, 11) is 0. The van der Waals surface area contributed by atoms with Gasteiger partial charge in [0.05, 0.1) is 11.6 Å². The zero-order valence-electron chi connectivity index (χ0n) is 6.77. The third kappa shape index (κ3) is 2.17. The Kier molecular flexibility index (Phi) is 2.82. The summed E-state index contributed by atoms with van der Waals surface area (Å²) in [5, 5.41) is 17.4. The summed E-state index contributed by atoms with van der Waals surface area (Å²) in [6.45, 7) is 0. The standard InChI is InChI=1S/C10H7NO2/c11-7-3-6-10(13)8-4-1-2-5-9(8)12/h1-6,12H/b6-3+. The normalized spacial score (nSPS) is 9.77. The van der Waals surface area contributed by atoms with Gasteiger partial charge in [-0.05, 0) is 18.2 Å². The van der Waals surface area contributed by atoms with Gasteiger partial charge in [-0.25, -0.2) is 0 Å². The minimum Gasteiger partial charge on any atom is -0.507 e. The zero-order chi connectivity index (χ0) is 9.68. The van der Waals surface area contributed by atoms with E-state index in [0.717, 1.165) is 12.2 Å². The van der Waals surface area contributed by atoms with Crippen LogP contribution >= 0.6 is 0 Å². The first-order valence-corrected chi connectivity index (χ1v) is 3.64. The fourth-order valence-corrected chi connectivity index (χ4v) is 0.885. The molecule has 0 aliphatic carbocycles. The molecular weight excluding hydrogens is 166 g/mol. The van der Waals surface area contributed by atoms with Crippen LogP contribution in [0.25, 0.3) is 0 Å². The maximum Gasteiger partial charge on any atom is 0.190 e. The number of nitriles is 1. The number of nitrogens with zero attached hydrogens (tertiary/aromatic N) is 1. The smallest absolute Gasteiger partial charge is 0.190 e. The summed E-state index contributed by atoms with van der Waals surface area (Å²) in [4.78, 5) is 11.2. The van der Waals surface area contributed by atoms with E-state index < -0.39 is 0 Å². The summed E-state index contributed by atoms with van der Waals surface area (Å²) >= 11 is 0. The Labute approximate surface area is 75.5 Å². The first kappa shape index (κ1) is 9.01. The second kappa shape index (κ2) is 4.07. The molecule has 3 heteroatoms. The summed E-state index contributed by atoms with van der Waals surface area (Å²) in [6, 6.07) is 7.90. The average molecular weight is 173 g/mol. The van der Waals surface area contributed by atoms with E-state index in [1.165, 1.54) is 12.1 Å². The highest BCUT2D eigenvalue weighted by Gasteiger charge is 2.05. The van der Waals surface area contributed by atoms with Gasteiger partial charge in [0.15, 0.2) is 5.78 Å². The molecule has 0 aliphatic rings. The first-order chi connectivity index (χ1) is 6.25. The number of rotatable bonds is 2. The number of benzene rings is 1. The number of ketones is 1. The van der Waals surface area contributed by atoms with Crippen LogP contribution in [0.15, 0.2) is 36.4 Å². The van der Waals surface area contributed by atoms with Crippen LogP contribution in [0.4, 0.5) is 0 Å². The largest absolute Gasteiger partial charge is 0.507 e. The van der Waals surface area contributed by atoms with Crippen molar-refractivity contribution in [3.63, 3.8) is 0 Å². The van der Waals surface area contributed by atoms with E-state index in [-0.39, 0.29) is 17.1 Å². The van der Waals surface area contributed by atoms with Crippen molar-refractivity contribution in [2.24, 2.45) is 0 Å². The molecule has 0 saturated carbocycles. The van der Waals surface area contributed by atoms with Gasteiger partial charge >= 0.3 is 0 Å². The van der Waals surface area contributed by atoms with Gasteiger partial charge in [0, 0.05) is 6.08 Å². The minimum absolute atomic E-state index is 0.0740. The third-order valence-electron chi connectivity index (χ3n) is 1.48. The van der Waals surface area contributed by atoms with Crippen LogP contribution in [0.1, 0.15) is 10.4 Å². The molecular formula is C10H7NO2. The van der Waals surface area contributed by atoms with E-state index in [1.54, 1.807) is 18.2 Å². The van der Waals surface area contributed by atoms with Crippen molar-refractivity contribution in [1.82, 2.24) is 0 Å². The number of phenols is 1. The molecule has 13 heavy (non-hydrogen) atoms. The predicted molar refractivity (Wildman–Crippen MR) is 47.2 cm³/mol. The molecule has 0 aliphatic heterocycles. The van der Waals surface area contributed by atoms with E-state index in [1.807, 2.05) is 0 Å². The number of hydrogen-bond donors (Lipinski definition) is 1. The fourth-order valence-electron chi connectivity index (χ4n) is 0.885. The molecule has 1 aromatic carbocycles. The molecule has 0 radical (unpaired) electrons. The van der Waals surface area contributed by atoms with Gasteiger partial charge in [0.2, 0.25) is 0 Å². The van der Waals surface area contributed by atoms with Gasteiger partial charge in [0.1, 0.15) is 5.75 Å². The molecule has 0 heterocycles. The van der Waals surface area contributed by atoms with Gasteiger partial charge in [-0.3, -0.25) is 4.79 Å². The molecule has 1 aromatic rings. The number of carbonyl (C=O) groups excluding carboxylic acids is 1. The quantitative estimate of drug-likeness (QED) is 0.420. The van der Waals surface area contributed by atoms with Crippen molar-refractivity contribution in [2.75, 3.05) is 0 Å². The van der Waals surface area contributed by atoms with E-state index in [4.69, 9.17) is 5.26 Å². The lowest BCUT2D eigenvalue weighted by molar-refractivity contribution is 0.104. The lowest BCUT2D eigenvalue weighted by atomic mass is 10.1. The highest BCUT2D eigenvalue weighted by atomic mass is 16.3. The van der Waals surface area contributed by atoms with Crippen molar-refractivity contribution in [3.05, 3.63) is 42.0 Å². The Morgan fingerprint density at radius 2 is 2.15 bits per heavy atom. The molecule has 0 bridgehead atoms. The molecule has 1 rings (SSSR count). The summed E-state index contributed by atoms with van der Waals surface area (Å²) < 4.78 is 0. The maximum absolute atomic E-state index is 11.2. The lowest BCUT2D eigenvalue weighted by Gasteiger charge is -1.97. The Morgan fingerprint density at radius 3 is 2.77 bits per heavy atom. The third-order valence-corrected chi connectivity index (χ3v) is 1.48. The van der Waals surface area contributed by atoms with Crippen molar-refractivity contribution in [3.8, 4) is 11.8 Å². The SMILES string of the molecule is N#C/C=C/C(=O)c1ccccc1O. The maximum atomic E-state index is 11.2. The summed E-state index contributed by atoms with van der Waals surface area (Å²) in [6.07, 6.45) is 2.20. The van der Waals surface area contributed by atoms with E-state index in [2.05, 4.69) is 0 Å². The monoisotopic (exact) mass is 173 g/mol. The number of aromatic hydroxyl groups is 1. The predicted octanol–water partition coefficient (Wildman–Crippen LogP) is 1.65. The first-order valence-electron chi connectivity index (χ1n) is 3.64. The summed E-state index contributed by atoms with van der Waals surface area (Å²) in [5.41, 5.74) is 0.203. The minimum atomic E-state index is -0.375. The Morgan fingerprint density at radius 1 is 1.46 bits per heavy atom. The van der Waals surface area contributed by atoms with Crippen molar-refractivity contribution < 1.29 is 9.90 Å². The van der Waals surface area contributed by atoms with Gasteiger partial charge in [-0.15, -0.1) is 0 Å². The number of carbonyl (C=O) groups is 1. The molecule has 0 unspecified atom stereocenters. The summed E-state index contributed by atoms with van der Waals surface area (Å²) in [5.74, 6) is -0.449. The van der Waals surface area contributed by atoms with Crippen LogP contribution in [0, 0.1) is 11.3 Å². The van der Waals surface area contributed by atoms with Crippen LogP contribution in [0.3, 0.4) is 0 Å². The molecule has 0 saturated heterocycles. The van der Waals surface area contributed by atoms with Crippen molar-refractivity contribution >= 4 is 5.78 Å². The number of allylic oxidation sites excluding steroid dienone is 2.